The van der Waals surface area contributed by atoms with Crippen molar-refractivity contribution in [3.8, 4) is 5.75 Å². The number of hydrogen-bond acceptors (Lipinski definition) is 8. The summed E-state index contributed by atoms with van der Waals surface area (Å²) in [6.07, 6.45) is 3.03. The fourth-order valence-electron chi connectivity index (χ4n) is 4.57. The minimum Gasteiger partial charge on any atom is -0.497 e. The van der Waals surface area contributed by atoms with E-state index in [1.807, 2.05) is 49.2 Å². The number of rotatable bonds is 8. The summed E-state index contributed by atoms with van der Waals surface area (Å²) in [5.74, 6) is 0.797. The van der Waals surface area contributed by atoms with Gasteiger partial charge in [0, 0.05) is 31.0 Å². The van der Waals surface area contributed by atoms with E-state index in [-0.39, 0.29) is 23.3 Å². The van der Waals surface area contributed by atoms with Crippen LogP contribution in [0.5, 0.6) is 5.75 Å². The zero-order chi connectivity index (χ0) is 26.8. The monoisotopic (exact) mass is 535 g/mol. The summed E-state index contributed by atoms with van der Waals surface area (Å²) in [7, 11) is 3.59. The number of ether oxygens (including phenoxy) is 2. The molecule has 11 heteroatoms. The molecule has 1 aliphatic carbocycles. The van der Waals surface area contributed by atoms with Crippen LogP contribution in [-0.2, 0) is 17.9 Å². The number of aryl methyl sites for hydroxylation is 1. The van der Waals surface area contributed by atoms with Crippen molar-refractivity contribution < 1.29 is 14.3 Å². The summed E-state index contributed by atoms with van der Waals surface area (Å²) in [6.45, 7) is 2.84. The number of pyridine rings is 2. The first kappa shape index (κ1) is 25.7. The Balaban J connectivity index is 1.27. The number of amides is 1. The van der Waals surface area contributed by atoms with Crippen molar-refractivity contribution in [1.29, 1.82) is 0 Å². The summed E-state index contributed by atoms with van der Waals surface area (Å²) in [4.78, 5) is 28.6. The Labute approximate surface area is 225 Å². The normalized spacial score (nSPS) is 16.7. The Bertz CT molecular complexity index is 1440. The number of aromatic nitrogens is 4. The molecule has 2 atom stereocenters. The van der Waals surface area contributed by atoms with Gasteiger partial charge in [-0.15, -0.1) is 0 Å². The third kappa shape index (κ3) is 5.51. The summed E-state index contributed by atoms with van der Waals surface area (Å²) in [5.41, 5.74) is 11.0. The fourth-order valence-corrected chi connectivity index (χ4v) is 4.75. The molecule has 1 aromatic carbocycles. The molecule has 4 aromatic rings. The number of nitrogens with two attached hydrogens (primary N) is 1. The molecule has 0 unspecified atom stereocenters. The lowest BCUT2D eigenvalue weighted by atomic mass is 9.89. The number of carbonyl (C=O) groups is 1. The molecule has 198 valence electrons. The van der Waals surface area contributed by atoms with Gasteiger partial charge in [-0.3, -0.25) is 4.98 Å². The molecular formula is C27H30ClN7O3. The van der Waals surface area contributed by atoms with E-state index in [0.717, 1.165) is 41.2 Å². The molecule has 3 aromatic heterocycles. The summed E-state index contributed by atoms with van der Waals surface area (Å²) < 4.78 is 12.7. The lowest BCUT2D eigenvalue weighted by Crippen LogP contribution is -2.52. The number of nitrogens with zero attached hydrogens (tertiary/aromatic N) is 5. The molecule has 0 radical (unpaired) electrons. The van der Waals surface area contributed by atoms with Crippen LogP contribution >= 0.6 is 11.6 Å². The molecular weight excluding hydrogens is 506 g/mol. The zero-order valence-corrected chi connectivity index (χ0v) is 22.3. The number of hydrogen-bond donors (Lipinski definition) is 2. The number of methoxy groups -OCH3 is 1. The summed E-state index contributed by atoms with van der Waals surface area (Å²) in [6, 6.07) is 12.8. The Morgan fingerprint density at radius 1 is 1.21 bits per heavy atom. The van der Waals surface area contributed by atoms with Gasteiger partial charge in [-0.2, -0.15) is 0 Å². The van der Waals surface area contributed by atoms with Gasteiger partial charge in [0.1, 0.15) is 22.7 Å². The topological polar surface area (TPSA) is 120 Å². The van der Waals surface area contributed by atoms with Gasteiger partial charge < -0.3 is 25.4 Å². The van der Waals surface area contributed by atoms with Crippen LogP contribution in [0.25, 0.3) is 11.2 Å². The molecule has 1 amide bonds. The molecule has 1 fully saturated rings. The standard InChI is InChI=1S/C27H30ClN7O3/c1-16-10-18(29)11-19(31-16)14-38-23-9-8-21(23)32-27(36)35-15-30-25-22(12-24(28)33-26(25)35)34(2)13-17-4-6-20(37-3)7-5-17/h4-7,10-12,15,21,23H,8-9,13-14H2,1-3H3,(H2,29,31)(H,32,36)/t21-,23-/m1/s1. The Hall–Kier alpha value is -3.89. The first-order valence-corrected chi connectivity index (χ1v) is 12.7. The number of anilines is 2. The second kappa shape index (κ2) is 10.8. The third-order valence-electron chi connectivity index (χ3n) is 6.66. The van der Waals surface area contributed by atoms with Crippen molar-refractivity contribution in [1.82, 2.24) is 24.8 Å². The van der Waals surface area contributed by atoms with E-state index in [1.54, 1.807) is 19.2 Å². The number of halogens is 1. The molecule has 3 heterocycles. The van der Waals surface area contributed by atoms with Crippen molar-refractivity contribution in [2.45, 2.75) is 45.1 Å². The number of fused-ring (bicyclic) bond motifs is 1. The average Bonchev–Trinajstić information content (AvgIpc) is 3.29. The van der Waals surface area contributed by atoms with Crippen LogP contribution in [0, 0.1) is 6.92 Å². The number of imidazole rings is 1. The second-order valence-electron chi connectivity index (χ2n) is 9.47. The smallest absolute Gasteiger partial charge is 0.328 e. The third-order valence-corrected chi connectivity index (χ3v) is 6.85. The average molecular weight is 536 g/mol. The maximum atomic E-state index is 13.2. The molecule has 5 rings (SSSR count). The van der Waals surface area contributed by atoms with Crippen molar-refractivity contribution in [3.63, 3.8) is 0 Å². The number of nitrogen functional groups attached to an aromatic ring is 1. The van der Waals surface area contributed by atoms with E-state index in [4.69, 9.17) is 26.8 Å². The van der Waals surface area contributed by atoms with Crippen LogP contribution in [0.3, 0.4) is 0 Å². The maximum Gasteiger partial charge on any atom is 0.328 e. The molecule has 0 spiro atoms. The van der Waals surface area contributed by atoms with Crippen LogP contribution in [0.15, 0.2) is 48.8 Å². The Morgan fingerprint density at radius 2 is 2.00 bits per heavy atom. The number of benzene rings is 1. The molecule has 0 bridgehead atoms. The SMILES string of the molecule is COc1ccc(CN(C)c2cc(Cl)nc3c2ncn3C(=O)N[C@@H]2CC[C@H]2OCc2cc(N)cc(C)n2)cc1. The van der Waals surface area contributed by atoms with Gasteiger partial charge in [-0.1, -0.05) is 23.7 Å². The van der Waals surface area contributed by atoms with Gasteiger partial charge in [-0.05, 0) is 49.6 Å². The van der Waals surface area contributed by atoms with Crippen molar-refractivity contribution in [2.75, 3.05) is 24.8 Å². The molecule has 0 aliphatic heterocycles. The molecule has 10 nitrogen and oxygen atoms in total. The van der Waals surface area contributed by atoms with Crippen LogP contribution in [0.2, 0.25) is 5.15 Å². The van der Waals surface area contributed by atoms with E-state index < -0.39 is 0 Å². The minimum atomic E-state index is -0.331. The van der Waals surface area contributed by atoms with Crippen LogP contribution in [0.1, 0.15) is 29.8 Å². The predicted octanol–water partition coefficient (Wildman–Crippen LogP) is 4.32. The molecule has 1 saturated carbocycles. The highest BCUT2D eigenvalue weighted by molar-refractivity contribution is 6.30. The van der Waals surface area contributed by atoms with Crippen LogP contribution in [-0.4, -0.2) is 51.9 Å². The molecule has 1 aliphatic rings. The Kier molecular flexibility index (Phi) is 7.35. The lowest BCUT2D eigenvalue weighted by molar-refractivity contribution is -0.0335. The van der Waals surface area contributed by atoms with Gasteiger partial charge in [0.2, 0.25) is 0 Å². The Morgan fingerprint density at radius 3 is 2.68 bits per heavy atom. The maximum absolute atomic E-state index is 13.2. The number of carbonyl (C=O) groups excluding carboxylic acids is 1. The largest absolute Gasteiger partial charge is 0.497 e. The highest BCUT2D eigenvalue weighted by Crippen LogP contribution is 2.29. The highest BCUT2D eigenvalue weighted by atomic mass is 35.5. The lowest BCUT2D eigenvalue weighted by Gasteiger charge is -2.36. The van der Waals surface area contributed by atoms with E-state index in [2.05, 4.69) is 20.3 Å². The van der Waals surface area contributed by atoms with Crippen LogP contribution < -0.4 is 20.7 Å². The quantitative estimate of drug-likeness (QED) is 0.320. The van der Waals surface area contributed by atoms with Gasteiger partial charge in [0.25, 0.3) is 0 Å². The highest BCUT2D eigenvalue weighted by Gasteiger charge is 2.34. The van der Waals surface area contributed by atoms with Crippen molar-refractivity contribution >= 4 is 40.2 Å². The van der Waals surface area contributed by atoms with Gasteiger partial charge in [0.05, 0.1) is 37.2 Å². The van der Waals surface area contributed by atoms with E-state index >= 15 is 0 Å². The van der Waals surface area contributed by atoms with E-state index in [1.165, 1.54) is 10.9 Å². The summed E-state index contributed by atoms with van der Waals surface area (Å²) in [5, 5.41) is 3.32. The van der Waals surface area contributed by atoms with E-state index in [0.29, 0.717) is 30.0 Å². The first-order valence-electron chi connectivity index (χ1n) is 12.3. The second-order valence-corrected chi connectivity index (χ2v) is 9.86. The predicted molar refractivity (Wildman–Crippen MR) is 147 cm³/mol. The van der Waals surface area contributed by atoms with Gasteiger partial charge >= 0.3 is 6.03 Å². The van der Waals surface area contributed by atoms with Crippen molar-refractivity contribution in [2.24, 2.45) is 0 Å². The summed E-state index contributed by atoms with van der Waals surface area (Å²) >= 11 is 6.37. The van der Waals surface area contributed by atoms with Crippen molar-refractivity contribution in [3.05, 3.63) is 70.9 Å². The first-order chi connectivity index (χ1) is 18.3. The zero-order valence-electron chi connectivity index (χ0n) is 21.5. The van der Waals surface area contributed by atoms with Gasteiger partial charge in [0.15, 0.2) is 5.65 Å². The minimum absolute atomic E-state index is 0.111. The number of nitrogens with one attached hydrogen (secondary N) is 1. The molecule has 3 N–H and O–H groups in total. The fraction of sp³-hybridized carbons (Fsp3) is 0.333. The van der Waals surface area contributed by atoms with E-state index in [9.17, 15) is 4.79 Å². The molecule has 0 saturated heterocycles. The van der Waals surface area contributed by atoms with Gasteiger partial charge in [-0.25, -0.2) is 19.3 Å². The van der Waals surface area contributed by atoms with Crippen LogP contribution in [0.4, 0.5) is 16.2 Å². The molecule has 38 heavy (non-hydrogen) atoms.